The van der Waals surface area contributed by atoms with Crippen LogP contribution >= 0.6 is 0 Å². The predicted molar refractivity (Wildman–Crippen MR) is 72.8 cm³/mol. The second-order valence-corrected chi connectivity index (χ2v) is 4.62. The molecule has 1 aliphatic rings. The second-order valence-electron chi connectivity index (χ2n) is 4.62. The van der Waals surface area contributed by atoms with Gasteiger partial charge in [0.05, 0.1) is 14.2 Å². The van der Waals surface area contributed by atoms with Gasteiger partial charge in [-0.2, -0.15) is 0 Å². The zero-order valence-corrected chi connectivity index (χ0v) is 12.0. The molecular weight excluding hydrogens is 260 g/mol. The molecular formula is C14H18N2O4. The lowest BCUT2D eigenvalue weighted by atomic mass is 9.87. The minimum absolute atomic E-state index is 0.266. The summed E-state index contributed by atoms with van der Waals surface area (Å²) in [6.07, 6.45) is 0.456. The number of carbonyl (C=O) groups excluding carboxylic acids is 2. The predicted octanol–water partition coefficient (Wildman–Crippen LogP) is 1.49. The van der Waals surface area contributed by atoms with Crippen molar-refractivity contribution in [2.24, 2.45) is 0 Å². The van der Waals surface area contributed by atoms with Crippen LogP contribution in [0, 0.1) is 0 Å². The van der Waals surface area contributed by atoms with E-state index in [2.05, 4.69) is 5.32 Å². The largest absolute Gasteiger partial charge is 0.493 e. The Morgan fingerprint density at radius 1 is 1.20 bits per heavy atom. The van der Waals surface area contributed by atoms with Crippen LogP contribution in [0.1, 0.15) is 18.9 Å². The van der Waals surface area contributed by atoms with E-state index in [0.717, 1.165) is 4.90 Å². The zero-order chi connectivity index (χ0) is 14.9. The Morgan fingerprint density at radius 2 is 1.85 bits per heavy atom. The smallest absolute Gasteiger partial charge is 0.325 e. The summed E-state index contributed by atoms with van der Waals surface area (Å²) < 4.78 is 10.4. The average molecular weight is 278 g/mol. The number of amides is 3. The summed E-state index contributed by atoms with van der Waals surface area (Å²) in [4.78, 5) is 25.2. The van der Waals surface area contributed by atoms with Gasteiger partial charge in [0.25, 0.3) is 5.91 Å². The highest BCUT2D eigenvalue weighted by Crippen LogP contribution is 2.36. The summed E-state index contributed by atoms with van der Waals surface area (Å²) >= 11 is 0. The van der Waals surface area contributed by atoms with E-state index < -0.39 is 11.6 Å². The van der Waals surface area contributed by atoms with Gasteiger partial charge in [0, 0.05) is 7.05 Å². The Labute approximate surface area is 117 Å². The van der Waals surface area contributed by atoms with Gasteiger partial charge in [0.15, 0.2) is 11.5 Å². The van der Waals surface area contributed by atoms with Crippen LogP contribution in [0.25, 0.3) is 0 Å². The van der Waals surface area contributed by atoms with Crippen molar-refractivity contribution in [3.8, 4) is 11.5 Å². The molecule has 0 spiro atoms. The summed E-state index contributed by atoms with van der Waals surface area (Å²) in [5.41, 5.74) is -0.355. The van der Waals surface area contributed by atoms with Gasteiger partial charge in [-0.3, -0.25) is 9.69 Å². The van der Waals surface area contributed by atoms with Gasteiger partial charge in [-0.15, -0.1) is 0 Å². The van der Waals surface area contributed by atoms with Gasteiger partial charge < -0.3 is 14.8 Å². The number of rotatable bonds is 4. The van der Waals surface area contributed by atoms with Crippen molar-refractivity contribution in [1.29, 1.82) is 0 Å². The highest BCUT2D eigenvalue weighted by atomic mass is 16.5. The molecule has 6 heteroatoms. The van der Waals surface area contributed by atoms with Gasteiger partial charge in [0.1, 0.15) is 5.54 Å². The molecule has 0 aliphatic carbocycles. The van der Waals surface area contributed by atoms with Crippen LogP contribution in [-0.4, -0.2) is 38.1 Å². The van der Waals surface area contributed by atoms with Gasteiger partial charge in [0.2, 0.25) is 0 Å². The molecule has 1 aromatic carbocycles. The van der Waals surface area contributed by atoms with Crippen molar-refractivity contribution in [3.05, 3.63) is 23.8 Å². The molecule has 1 saturated heterocycles. The molecule has 0 saturated carbocycles. The number of nitrogens with zero attached hydrogens (tertiary/aromatic N) is 1. The van der Waals surface area contributed by atoms with Crippen molar-refractivity contribution < 1.29 is 19.1 Å². The van der Waals surface area contributed by atoms with Crippen molar-refractivity contribution in [1.82, 2.24) is 10.2 Å². The Morgan fingerprint density at radius 3 is 2.30 bits per heavy atom. The molecule has 1 fully saturated rings. The van der Waals surface area contributed by atoms with E-state index in [-0.39, 0.29) is 5.91 Å². The molecule has 108 valence electrons. The molecule has 1 atom stereocenters. The number of benzene rings is 1. The molecule has 1 aromatic rings. The fraction of sp³-hybridized carbons (Fsp3) is 0.429. The number of imide groups is 1. The molecule has 1 heterocycles. The summed E-state index contributed by atoms with van der Waals surface area (Å²) in [7, 11) is 4.54. The van der Waals surface area contributed by atoms with E-state index in [0.29, 0.717) is 23.5 Å². The van der Waals surface area contributed by atoms with Crippen molar-refractivity contribution in [3.63, 3.8) is 0 Å². The van der Waals surface area contributed by atoms with Gasteiger partial charge in [-0.05, 0) is 24.1 Å². The maximum atomic E-state index is 12.4. The van der Waals surface area contributed by atoms with E-state index in [1.165, 1.54) is 14.2 Å². The normalized spacial score (nSPS) is 21.9. The molecule has 0 aromatic heterocycles. The van der Waals surface area contributed by atoms with E-state index >= 15 is 0 Å². The molecule has 1 N–H and O–H groups in total. The van der Waals surface area contributed by atoms with E-state index in [9.17, 15) is 9.59 Å². The quantitative estimate of drug-likeness (QED) is 0.847. The zero-order valence-electron chi connectivity index (χ0n) is 12.0. The SMILES string of the molecule is CC[C@]1(c2ccc(OC)c(OC)c2)NC(=O)N(C)C1=O. The first-order valence-electron chi connectivity index (χ1n) is 6.33. The number of likely N-dealkylation sites (N-methyl/N-ethyl adjacent to an activating group) is 1. The molecule has 0 unspecified atom stereocenters. The fourth-order valence-electron chi connectivity index (χ4n) is 2.44. The first-order valence-corrected chi connectivity index (χ1v) is 6.33. The third-order valence-electron chi connectivity index (χ3n) is 3.70. The third-order valence-corrected chi connectivity index (χ3v) is 3.70. The van der Waals surface area contributed by atoms with Crippen LogP contribution < -0.4 is 14.8 Å². The minimum Gasteiger partial charge on any atom is -0.493 e. The van der Waals surface area contributed by atoms with Gasteiger partial charge >= 0.3 is 6.03 Å². The third kappa shape index (κ3) is 1.88. The first kappa shape index (κ1) is 14.2. The topological polar surface area (TPSA) is 67.9 Å². The Kier molecular flexibility index (Phi) is 3.57. The van der Waals surface area contributed by atoms with Crippen LogP contribution in [0.3, 0.4) is 0 Å². The van der Waals surface area contributed by atoms with E-state index in [1.54, 1.807) is 25.3 Å². The molecule has 2 rings (SSSR count). The number of ether oxygens (including phenoxy) is 2. The highest BCUT2D eigenvalue weighted by molar-refractivity contribution is 6.07. The number of carbonyl (C=O) groups is 2. The van der Waals surface area contributed by atoms with Crippen molar-refractivity contribution >= 4 is 11.9 Å². The van der Waals surface area contributed by atoms with Crippen LogP contribution in [0.15, 0.2) is 18.2 Å². The van der Waals surface area contributed by atoms with Crippen LogP contribution in [0.5, 0.6) is 11.5 Å². The standard InChI is InChI=1S/C14H18N2O4/c1-5-14(12(17)16(2)13(18)15-14)9-6-7-10(19-3)11(8-9)20-4/h6-8H,5H2,1-4H3,(H,15,18)/t14-/m1/s1. The maximum Gasteiger partial charge on any atom is 0.325 e. The van der Waals surface area contributed by atoms with Gasteiger partial charge in [-0.25, -0.2) is 4.79 Å². The molecule has 3 amide bonds. The van der Waals surface area contributed by atoms with E-state index in [1.807, 2.05) is 6.92 Å². The summed E-state index contributed by atoms with van der Waals surface area (Å²) in [5, 5.41) is 2.76. The summed E-state index contributed by atoms with van der Waals surface area (Å²) in [6, 6.07) is 4.82. The summed E-state index contributed by atoms with van der Waals surface area (Å²) in [6.45, 7) is 1.86. The van der Waals surface area contributed by atoms with Crippen molar-refractivity contribution in [2.75, 3.05) is 21.3 Å². The van der Waals surface area contributed by atoms with Crippen LogP contribution in [0.2, 0.25) is 0 Å². The molecule has 0 bridgehead atoms. The minimum atomic E-state index is -1.04. The maximum absolute atomic E-state index is 12.4. The average Bonchev–Trinajstić information content (AvgIpc) is 2.71. The second kappa shape index (κ2) is 5.03. The molecule has 1 aliphatic heterocycles. The number of urea groups is 1. The van der Waals surface area contributed by atoms with Crippen molar-refractivity contribution in [2.45, 2.75) is 18.9 Å². The lowest BCUT2D eigenvalue weighted by Crippen LogP contribution is -2.43. The Balaban J connectivity index is 2.53. The number of hydrogen-bond donors (Lipinski definition) is 1. The Hall–Kier alpha value is -2.24. The fourth-order valence-corrected chi connectivity index (χ4v) is 2.44. The number of methoxy groups -OCH3 is 2. The lowest BCUT2D eigenvalue weighted by molar-refractivity contribution is -0.130. The molecule has 6 nitrogen and oxygen atoms in total. The van der Waals surface area contributed by atoms with Crippen LogP contribution in [-0.2, 0) is 10.3 Å². The molecule has 0 radical (unpaired) electrons. The highest BCUT2D eigenvalue weighted by Gasteiger charge is 2.49. The summed E-state index contributed by atoms with van der Waals surface area (Å²) in [5.74, 6) is 0.833. The van der Waals surface area contributed by atoms with Gasteiger partial charge in [-0.1, -0.05) is 13.0 Å². The number of nitrogens with one attached hydrogen (secondary N) is 1. The Bertz CT molecular complexity index is 558. The molecule has 20 heavy (non-hydrogen) atoms. The number of hydrogen-bond acceptors (Lipinski definition) is 4. The van der Waals surface area contributed by atoms with E-state index in [4.69, 9.17) is 9.47 Å². The first-order chi connectivity index (χ1) is 9.50. The monoisotopic (exact) mass is 278 g/mol. The lowest BCUT2D eigenvalue weighted by Gasteiger charge is -2.26. The van der Waals surface area contributed by atoms with Crippen LogP contribution in [0.4, 0.5) is 4.79 Å².